The number of fused-ring (bicyclic) bond motifs is 1. The first-order valence-corrected chi connectivity index (χ1v) is 11.7. The molecule has 9 heteroatoms. The van der Waals surface area contributed by atoms with Gasteiger partial charge in [0.1, 0.15) is 0 Å². The van der Waals surface area contributed by atoms with Crippen LogP contribution in [0, 0.1) is 18.3 Å². The monoisotopic (exact) mass is 485 g/mol. The number of halogens is 1. The van der Waals surface area contributed by atoms with Crippen LogP contribution < -0.4 is 19.1 Å². The molecule has 0 bridgehead atoms. The summed E-state index contributed by atoms with van der Waals surface area (Å²) >= 11 is 7.79. The Morgan fingerprint density at radius 3 is 2.45 bits per heavy atom. The molecule has 7 nitrogen and oxygen atoms in total. The first kappa shape index (κ1) is 23.1. The van der Waals surface area contributed by atoms with Crippen molar-refractivity contribution in [3.05, 3.63) is 57.1 Å². The molecule has 2 aliphatic heterocycles. The number of nitriles is 1. The molecule has 0 spiro atoms. The lowest BCUT2D eigenvalue weighted by Crippen LogP contribution is -2.47. The van der Waals surface area contributed by atoms with Crippen molar-refractivity contribution >= 4 is 35.0 Å². The molecule has 0 unspecified atom stereocenters. The number of ether oxygens (including phenoxy) is 3. The van der Waals surface area contributed by atoms with Crippen molar-refractivity contribution in [2.45, 2.75) is 19.3 Å². The zero-order chi connectivity index (χ0) is 23.7. The molecular weight excluding hydrogens is 462 g/mol. The van der Waals surface area contributed by atoms with Gasteiger partial charge in [-0.05, 0) is 42.3 Å². The molecule has 2 aromatic carbocycles. The van der Waals surface area contributed by atoms with Crippen LogP contribution in [0.25, 0.3) is 0 Å². The predicted molar refractivity (Wildman–Crippen MR) is 129 cm³/mol. The molecule has 4 rings (SSSR count). The van der Waals surface area contributed by atoms with Gasteiger partial charge in [-0.15, -0.1) is 0 Å². The first-order chi connectivity index (χ1) is 15.9. The Morgan fingerprint density at radius 1 is 1.15 bits per heavy atom. The van der Waals surface area contributed by atoms with Gasteiger partial charge in [-0.25, -0.2) is 0 Å². The lowest BCUT2D eigenvalue weighted by molar-refractivity contribution is -0.129. The average Bonchev–Trinajstić information content (AvgIpc) is 2.84. The molecule has 172 valence electrons. The van der Waals surface area contributed by atoms with E-state index in [-0.39, 0.29) is 12.3 Å². The molecule has 2 aliphatic rings. The number of methoxy groups -OCH3 is 3. The van der Waals surface area contributed by atoms with Gasteiger partial charge in [0, 0.05) is 23.0 Å². The summed E-state index contributed by atoms with van der Waals surface area (Å²) in [5, 5.41) is 11.5. The minimum absolute atomic E-state index is 0.0420. The molecule has 2 heterocycles. The zero-order valence-electron chi connectivity index (χ0n) is 18.8. The van der Waals surface area contributed by atoms with Gasteiger partial charge in [0.05, 0.1) is 50.5 Å². The largest absolute Gasteiger partial charge is 0.493 e. The van der Waals surface area contributed by atoms with E-state index in [0.717, 1.165) is 16.8 Å². The highest BCUT2D eigenvalue weighted by Crippen LogP contribution is 2.47. The van der Waals surface area contributed by atoms with Crippen LogP contribution in [0.3, 0.4) is 0 Å². The van der Waals surface area contributed by atoms with E-state index in [9.17, 15) is 10.1 Å². The van der Waals surface area contributed by atoms with Gasteiger partial charge in [-0.2, -0.15) is 5.26 Å². The number of hydrogen-bond acceptors (Lipinski definition) is 7. The minimum atomic E-state index is -0.394. The smallest absolute Gasteiger partial charge is 0.229 e. The van der Waals surface area contributed by atoms with Crippen molar-refractivity contribution in [2.75, 3.05) is 38.8 Å². The van der Waals surface area contributed by atoms with Gasteiger partial charge in [0.15, 0.2) is 11.5 Å². The summed E-state index contributed by atoms with van der Waals surface area (Å²) in [5.41, 5.74) is 3.28. The van der Waals surface area contributed by atoms with Crippen molar-refractivity contribution in [1.29, 1.82) is 5.26 Å². The Bertz CT molecular complexity index is 1150. The van der Waals surface area contributed by atoms with Gasteiger partial charge >= 0.3 is 0 Å². The second kappa shape index (κ2) is 9.46. The normalized spacial score (nSPS) is 18.1. The van der Waals surface area contributed by atoms with Crippen molar-refractivity contribution in [1.82, 2.24) is 4.90 Å². The van der Waals surface area contributed by atoms with Gasteiger partial charge < -0.3 is 19.1 Å². The van der Waals surface area contributed by atoms with Gasteiger partial charge in [0.2, 0.25) is 11.7 Å². The fraction of sp³-hybridized carbons (Fsp3) is 0.333. The Kier molecular flexibility index (Phi) is 6.63. The minimum Gasteiger partial charge on any atom is -0.493 e. The summed E-state index contributed by atoms with van der Waals surface area (Å²) < 4.78 is 16.4. The summed E-state index contributed by atoms with van der Waals surface area (Å²) in [6, 6.07) is 11.7. The predicted octanol–water partition coefficient (Wildman–Crippen LogP) is 4.89. The van der Waals surface area contributed by atoms with Gasteiger partial charge in [-0.1, -0.05) is 29.4 Å². The lowest BCUT2D eigenvalue weighted by atomic mass is 9.86. The lowest BCUT2D eigenvalue weighted by Gasteiger charge is -2.42. The molecule has 1 fully saturated rings. The van der Waals surface area contributed by atoms with Gasteiger partial charge in [-0.3, -0.25) is 9.69 Å². The molecule has 0 saturated carbocycles. The number of carbonyl (C=O) groups is 1. The zero-order valence-corrected chi connectivity index (χ0v) is 20.4. The second-order valence-electron chi connectivity index (χ2n) is 7.71. The van der Waals surface area contributed by atoms with Gasteiger partial charge in [0.25, 0.3) is 0 Å². The highest BCUT2D eigenvalue weighted by molar-refractivity contribution is 8.03. The quantitative estimate of drug-likeness (QED) is 0.596. The van der Waals surface area contributed by atoms with Crippen molar-refractivity contribution in [2.24, 2.45) is 0 Å². The molecular formula is C24H24ClN3O4S. The number of carbonyl (C=O) groups excluding carboxylic acids is 1. The van der Waals surface area contributed by atoms with Crippen molar-refractivity contribution in [3.63, 3.8) is 0 Å². The topological polar surface area (TPSA) is 75.0 Å². The van der Waals surface area contributed by atoms with Crippen LogP contribution in [0.1, 0.15) is 23.5 Å². The maximum Gasteiger partial charge on any atom is 0.229 e. The Hall–Kier alpha value is -3.02. The number of rotatable bonds is 5. The van der Waals surface area contributed by atoms with E-state index in [1.807, 2.05) is 37.3 Å². The molecule has 2 aromatic rings. The molecule has 33 heavy (non-hydrogen) atoms. The molecule has 0 radical (unpaired) electrons. The van der Waals surface area contributed by atoms with Crippen LogP contribution >= 0.6 is 23.4 Å². The maximum atomic E-state index is 13.3. The highest BCUT2D eigenvalue weighted by atomic mass is 35.5. The summed E-state index contributed by atoms with van der Waals surface area (Å²) in [6.07, 6.45) is 0.175. The van der Waals surface area contributed by atoms with E-state index in [1.54, 1.807) is 19.1 Å². The van der Waals surface area contributed by atoms with E-state index in [0.29, 0.717) is 45.4 Å². The standard InChI is InChI=1S/C24H24ClN3O4S/c1-14-18(25)6-5-7-19(14)27-12-28-22(29)10-16(17(11-26)24(28)33-13-27)15-8-20(30-2)23(32-4)21(9-15)31-3/h5-9,16H,10,12-13H2,1-4H3/t16-/m1/s1. The van der Waals surface area contributed by atoms with Crippen LogP contribution in [0.2, 0.25) is 5.02 Å². The molecule has 1 amide bonds. The number of nitrogens with zero attached hydrogens (tertiary/aromatic N) is 3. The molecule has 1 atom stereocenters. The van der Waals surface area contributed by atoms with Crippen LogP contribution in [-0.4, -0.2) is 44.7 Å². The third-order valence-corrected chi connectivity index (χ3v) is 7.53. The van der Waals surface area contributed by atoms with E-state index in [2.05, 4.69) is 11.0 Å². The third-order valence-electron chi connectivity index (χ3n) is 5.96. The van der Waals surface area contributed by atoms with E-state index in [4.69, 9.17) is 25.8 Å². The summed E-state index contributed by atoms with van der Waals surface area (Å²) in [5.74, 6) is 1.62. The number of anilines is 1. The fourth-order valence-electron chi connectivity index (χ4n) is 4.24. The first-order valence-electron chi connectivity index (χ1n) is 10.3. The van der Waals surface area contributed by atoms with Crippen molar-refractivity contribution < 1.29 is 19.0 Å². The Balaban J connectivity index is 1.72. The second-order valence-corrected chi connectivity index (χ2v) is 9.05. The highest BCUT2D eigenvalue weighted by Gasteiger charge is 2.39. The molecule has 1 saturated heterocycles. The van der Waals surface area contributed by atoms with Crippen molar-refractivity contribution in [3.8, 4) is 23.3 Å². The molecule has 0 N–H and O–H groups in total. The third kappa shape index (κ3) is 4.07. The molecule has 0 aliphatic carbocycles. The molecule has 0 aromatic heterocycles. The van der Waals surface area contributed by atoms with E-state index in [1.165, 1.54) is 18.9 Å². The Labute approximate surface area is 202 Å². The number of amides is 1. The maximum absolute atomic E-state index is 13.3. The summed E-state index contributed by atoms with van der Waals surface area (Å²) in [7, 11) is 4.63. The van der Waals surface area contributed by atoms with Crippen LogP contribution in [0.15, 0.2) is 40.9 Å². The summed E-state index contributed by atoms with van der Waals surface area (Å²) in [6.45, 7) is 2.34. The van der Waals surface area contributed by atoms with E-state index >= 15 is 0 Å². The van der Waals surface area contributed by atoms with Crippen LogP contribution in [0.5, 0.6) is 17.2 Å². The van der Waals surface area contributed by atoms with E-state index < -0.39 is 5.92 Å². The van der Waals surface area contributed by atoms with Crippen LogP contribution in [0.4, 0.5) is 5.69 Å². The number of hydrogen-bond donors (Lipinski definition) is 0. The number of benzene rings is 2. The summed E-state index contributed by atoms with van der Waals surface area (Å²) in [4.78, 5) is 17.1. The van der Waals surface area contributed by atoms with Crippen LogP contribution in [-0.2, 0) is 4.79 Å². The number of thioether (sulfide) groups is 1. The fourth-order valence-corrected chi connectivity index (χ4v) is 5.57. The SMILES string of the molecule is COc1cc([C@H]2CC(=O)N3CN(c4cccc(Cl)c4C)CSC3=C2C#N)cc(OC)c1OC. The Morgan fingerprint density at radius 2 is 1.85 bits per heavy atom. The average molecular weight is 486 g/mol. The number of allylic oxidation sites excluding steroid dienone is 1.